The molecule has 0 unspecified atom stereocenters. The second kappa shape index (κ2) is 9.55. The van der Waals surface area contributed by atoms with E-state index in [0.29, 0.717) is 12.1 Å². The van der Waals surface area contributed by atoms with Gasteiger partial charge in [-0.3, -0.25) is 9.59 Å². The summed E-state index contributed by atoms with van der Waals surface area (Å²) in [5.74, 6) is -0.0947. The van der Waals surface area contributed by atoms with Crippen molar-refractivity contribution in [2.45, 2.75) is 6.92 Å². The molecular weight excluding hydrogens is 362 g/mol. The molecule has 148 valence electrons. The van der Waals surface area contributed by atoms with Gasteiger partial charge in [-0.05, 0) is 55.5 Å². The Bertz CT molecular complexity index is 941. The van der Waals surface area contributed by atoms with E-state index in [1.807, 2.05) is 79.7 Å². The van der Waals surface area contributed by atoms with Crippen molar-refractivity contribution < 1.29 is 9.59 Å². The molecule has 0 aromatic heterocycles. The number of benzene rings is 3. The quantitative estimate of drug-likeness (QED) is 0.653. The molecule has 0 fully saturated rings. The van der Waals surface area contributed by atoms with Gasteiger partial charge in [0.25, 0.3) is 5.91 Å². The number of nitrogens with one attached hydrogen (secondary N) is 1. The molecule has 3 rings (SSSR count). The average molecular weight is 387 g/mol. The molecule has 5 heteroatoms. The molecule has 0 bridgehead atoms. The molecule has 0 saturated carbocycles. The van der Waals surface area contributed by atoms with Crippen molar-refractivity contribution >= 4 is 28.9 Å². The van der Waals surface area contributed by atoms with Gasteiger partial charge in [0, 0.05) is 36.2 Å². The number of nitrogens with zero attached hydrogens (tertiary/aromatic N) is 2. The number of likely N-dealkylation sites (N-methyl/N-ethyl adjacent to an activating group) is 1. The third-order valence-electron chi connectivity index (χ3n) is 4.71. The van der Waals surface area contributed by atoms with Crippen LogP contribution in [0.3, 0.4) is 0 Å². The number of carbonyl (C=O) groups excluding carboxylic acids is 2. The highest BCUT2D eigenvalue weighted by molar-refractivity contribution is 6.06. The molecule has 3 aromatic rings. The molecule has 0 atom stereocenters. The van der Waals surface area contributed by atoms with E-state index in [-0.39, 0.29) is 18.4 Å². The first-order valence-electron chi connectivity index (χ1n) is 9.62. The predicted molar refractivity (Wildman–Crippen MR) is 119 cm³/mol. The molecule has 0 aliphatic heterocycles. The molecule has 0 heterocycles. The molecule has 0 aliphatic carbocycles. The van der Waals surface area contributed by atoms with Crippen molar-refractivity contribution in [3.8, 4) is 0 Å². The summed E-state index contributed by atoms with van der Waals surface area (Å²) < 4.78 is 0. The third-order valence-corrected chi connectivity index (χ3v) is 4.71. The van der Waals surface area contributed by atoms with Crippen LogP contribution in [0.15, 0.2) is 84.9 Å². The SMILES string of the molecule is CCN(C(=O)CNc1ccc(C(=O)N(C)c2ccccc2)cc1)c1ccccc1. The van der Waals surface area contributed by atoms with Gasteiger partial charge in [-0.2, -0.15) is 0 Å². The lowest BCUT2D eigenvalue weighted by Crippen LogP contribution is -2.35. The van der Waals surface area contributed by atoms with Crippen molar-refractivity contribution in [3.63, 3.8) is 0 Å². The number of amides is 2. The molecule has 0 aliphatic rings. The van der Waals surface area contributed by atoms with E-state index in [1.54, 1.807) is 29.0 Å². The summed E-state index contributed by atoms with van der Waals surface area (Å²) in [6.07, 6.45) is 0. The second-order valence-corrected chi connectivity index (χ2v) is 6.60. The zero-order chi connectivity index (χ0) is 20.6. The van der Waals surface area contributed by atoms with Crippen molar-refractivity contribution in [1.29, 1.82) is 0 Å². The predicted octanol–water partition coefficient (Wildman–Crippen LogP) is 4.43. The topological polar surface area (TPSA) is 52.7 Å². The lowest BCUT2D eigenvalue weighted by Gasteiger charge is -2.21. The number of hydrogen-bond donors (Lipinski definition) is 1. The molecule has 3 aromatic carbocycles. The van der Waals surface area contributed by atoms with Gasteiger partial charge in [-0.25, -0.2) is 0 Å². The van der Waals surface area contributed by atoms with Crippen LogP contribution in [0.1, 0.15) is 17.3 Å². The monoisotopic (exact) mass is 387 g/mol. The van der Waals surface area contributed by atoms with E-state index < -0.39 is 0 Å². The molecule has 1 N–H and O–H groups in total. The maximum Gasteiger partial charge on any atom is 0.258 e. The van der Waals surface area contributed by atoms with Gasteiger partial charge in [0.15, 0.2) is 0 Å². The Balaban J connectivity index is 1.60. The zero-order valence-electron chi connectivity index (χ0n) is 16.7. The summed E-state index contributed by atoms with van der Waals surface area (Å²) >= 11 is 0. The minimum Gasteiger partial charge on any atom is -0.376 e. The zero-order valence-corrected chi connectivity index (χ0v) is 16.7. The Morgan fingerprint density at radius 3 is 1.90 bits per heavy atom. The van der Waals surface area contributed by atoms with Gasteiger partial charge >= 0.3 is 0 Å². The summed E-state index contributed by atoms with van der Waals surface area (Å²) in [5, 5.41) is 3.14. The number of carbonyl (C=O) groups is 2. The smallest absolute Gasteiger partial charge is 0.258 e. The first-order valence-corrected chi connectivity index (χ1v) is 9.62. The molecule has 2 amide bonds. The highest BCUT2D eigenvalue weighted by Gasteiger charge is 2.15. The third kappa shape index (κ3) is 5.02. The van der Waals surface area contributed by atoms with Crippen LogP contribution in [-0.4, -0.2) is 32.0 Å². The fourth-order valence-corrected chi connectivity index (χ4v) is 3.08. The van der Waals surface area contributed by atoms with Crippen molar-refractivity contribution in [2.24, 2.45) is 0 Å². The van der Waals surface area contributed by atoms with Crippen LogP contribution in [0, 0.1) is 0 Å². The maximum atomic E-state index is 12.7. The Labute approximate surface area is 171 Å². The van der Waals surface area contributed by atoms with Gasteiger partial charge < -0.3 is 15.1 Å². The Hall–Kier alpha value is -3.60. The highest BCUT2D eigenvalue weighted by Crippen LogP contribution is 2.17. The van der Waals surface area contributed by atoms with E-state index in [4.69, 9.17) is 0 Å². The summed E-state index contributed by atoms with van der Waals surface area (Å²) in [5.41, 5.74) is 3.10. The fourth-order valence-electron chi connectivity index (χ4n) is 3.08. The Morgan fingerprint density at radius 2 is 1.34 bits per heavy atom. The second-order valence-electron chi connectivity index (χ2n) is 6.60. The van der Waals surface area contributed by atoms with E-state index in [2.05, 4.69) is 5.32 Å². The first kappa shape index (κ1) is 20.1. The molecule has 0 radical (unpaired) electrons. The number of rotatable bonds is 7. The van der Waals surface area contributed by atoms with Gasteiger partial charge in [0.1, 0.15) is 0 Å². The molecule has 29 heavy (non-hydrogen) atoms. The summed E-state index contributed by atoms with van der Waals surface area (Å²) in [7, 11) is 1.76. The van der Waals surface area contributed by atoms with Gasteiger partial charge in [0.2, 0.25) is 5.91 Å². The summed E-state index contributed by atoms with van der Waals surface area (Å²) in [6, 6.07) is 26.3. The molecule has 0 saturated heterocycles. The normalized spacial score (nSPS) is 10.3. The maximum absolute atomic E-state index is 12.7. The fraction of sp³-hybridized carbons (Fsp3) is 0.167. The molecule has 5 nitrogen and oxygen atoms in total. The van der Waals surface area contributed by atoms with Crippen molar-refractivity contribution in [2.75, 3.05) is 35.3 Å². The highest BCUT2D eigenvalue weighted by atomic mass is 16.2. The van der Waals surface area contributed by atoms with E-state index >= 15 is 0 Å². The Morgan fingerprint density at radius 1 is 0.793 bits per heavy atom. The first-order chi connectivity index (χ1) is 14.1. The van der Waals surface area contributed by atoms with E-state index in [1.165, 1.54) is 0 Å². The van der Waals surface area contributed by atoms with Crippen molar-refractivity contribution in [1.82, 2.24) is 0 Å². The standard InChI is InChI=1S/C24H25N3O2/c1-3-27(22-12-8-5-9-13-22)23(28)18-25-20-16-14-19(15-17-20)24(29)26(2)21-10-6-4-7-11-21/h4-17,25H,3,18H2,1-2H3. The summed E-state index contributed by atoms with van der Waals surface area (Å²) in [4.78, 5) is 28.6. The average Bonchev–Trinajstić information content (AvgIpc) is 2.79. The van der Waals surface area contributed by atoms with Gasteiger partial charge in [-0.1, -0.05) is 36.4 Å². The lowest BCUT2D eigenvalue weighted by atomic mass is 10.1. The Kier molecular flexibility index (Phi) is 6.63. The minimum absolute atomic E-state index is 0.0114. The number of hydrogen-bond acceptors (Lipinski definition) is 3. The largest absolute Gasteiger partial charge is 0.376 e. The van der Waals surface area contributed by atoms with Crippen LogP contribution in [0.5, 0.6) is 0 Å². The van der Waals surface area contributed by atoms with Crippen LogP contribution in [0.25, 0.3) is 0 Å². The lowest BCUT2D eigenvalue weighted by molar-refractivity contribution is -0.116. The van der Waals surface area contributed by atoms with Gasteiger partial charge in [0.05, 0.1) is 6.54 Å². The van der Waals surface area contributed by atoms with Crippen LogP contribution in [0.2, 0.25) is 0 Å². The summed E-state index contributed by atoms with van der Waals surface area (Å²) in [6.45, 7) is 2.73. The minimum atomic E-state index is -0.0833. The van der Waals surface area contributed by atoms with E-state index in [0.717, 1.165) is 17.1 Å². The van der Waals surface area contributed by atoms with Crippen LogP contribution < -0.4 is 15.1 Å². The van der Waals surface area contributed by atoms with E-state index in [9.17, 15) is 9.59 Å². The molecular formula is C24H25N3O2. The molecule has 0 spiro atoms. The van der Waals surface area contributed by atoms with Crippen LogP contribution in [-0.2, 0) is 4.79 Å². The van der Waals surface area contributed by atoms with Gasteiger partial charge in [-0.15, -0.1) is 0 Å². The van der Waals surface area contributed by atoms with Crippen LogP contribution >= 0.6 is 0 Å². The number of anilines is 3. The van der Waals surface area contributed by atoms with Crippen molar-refractivity contribution in [3.05, 3.63) is 90.5 Å². The van der Waals surface area contributed by atoms with Crippen LogP contribution in [0.4, 0.5) is 17.1 Å². The number of para-hydroxylation sites is 2.